The number of methoxy groups -OCH3 is 2. The second-order valence-electron chi connectivity index (χ2n) is 6.70. The molecule has 0 aromatic heterocycles. The van der Waals surface area contributed by atoms with Crippen LogP contribution in [0.1, 0.15) is 10.4 Å². The number of ether oxygens (including phenoxy) is 2. The number of nitrogens with zero attached hydrogens (tertiary/aromatic N) is 1. The summed E-state index contributed by atoms with van der Waals surface area (Å²) in [5.74, 6) is 0.275. The molecule has 0 unspecified atom stereocenters. The number of hydrogen-bond donors (Lipinski definition) is 2. The highest BCUT2D eigenvalue weighted by Crippen LogP contribution is 2.19. The highest BCUT2D eigenvalue weighted by molar-refractivity contribution is 6.01. The molecule has 148 valence electrons. The lowest BCUT2D eigenvalue weighted by molar-refractivity contribution is -0.892. The van der Waals surface area contributed by atoms with E-state index in [1.807, 2.05) is 12.1 Å². The molecule has 2 aromatic rings. The Morgan fingerprint density at radius 3 is 2.36 bits per heavy atom. The van der Waals surface area contributed by atoms with Crippen LogP contribution < -0.4 is 19.9 Å². The number of para-hydroxylation sites is 1. The average Bonchev–Trinajstić information content (AvgIpc) is 2.74. The topological polar surface area (TPSA) is 72.3 Å². The summed E-state index contributed by atoms with van der Waals surface area (Å²) in [5.41, 5.74) is 2.00. The molecule has 1 aliphatic rings. The van der Waals surface area contributed by atoms with Gasteiger partial charge in [0.1, 0.15) is 5.75 Å². The largest absolute Gasteiger partial charge is 0.497 e. The first-order chi connectivity index (χ1) is 13.6. The molecule has 1 fully saturated rings. The SMILES string of the molecule is COC(=O)c1ccccc1NC(=O)C[NH+]1CCN(c2ccc(OC)cc2)CC1. The van der Waals surface area contributed by atoms with Crippen LogP contribution in [0.5, 0.6) is 5.75 Å². The third-order valence-corrected chi connectivity index (χ3v) is 4.93. The van der Waals surface area contributed by atoms with Crippen LogP contribution in [0.15, 0.2) is 48.5 Å². The minimum absolute atomic E-state index is 0.107. The van der Waals surface area contributed by atoms with E-state index in [9.17, 15) is 9.59 Å². The van der Waals surface area contributed by atoms with Crippen molar-refractivity contribution in [1.82, 2.24) is 0 Å². The number of anilines is 2. The van der Waals surface area contributed by atoms with Crippen LogP contribution in [0.25, 0.3) is 0 Å². The number of carbonyl (C=O) groups is 2. The predicted molar refractivity (Wildman–Crippen MR) is 107 cm³/mol. The lowest BCUT2D eigenvalue weighted by atomic mass is 10.2. The molecule has 2 N–H and O–H groups in total. The summed E-state index contributed by atoms with van der Waals surface area (Å²) in [5, 5.41) is 2.84. The Morgan fingerprint density at radius 2 is 1.71 bits per heavy atom. The zero-order valence-electron chi connectivity index (χ0n) is 16.2. The first-order valence-electron chi connectivity index (χ1n) is 9.30. The van der Waals surface area contributed by atoms with Gasteiger partial charge in [0.25, 0.3) is 5.91 Å². The molecule has 28 heavy (non-hydrogen) atoms. The van der Waals surface area contributed by atoms with E-state index in [2.05, 4.69) is 22.3 Å². The van der Waals surface area contributed by atoms with Crippen LogP contribution in [0.3, 0.4) is 0 Å². The zero-order chi connectivity index (χ0) is 19.9. The van der Waals surface area contributed by atoms with Gasteiger partial charge in [-0.15, -0.1) is 0 Å². The van der Waals surface area contributed by atoms with Gasteiger partial charge in [0.15, 0.2) is 6.54 Å². The molecule has 2 aromatic carbocycles. The molecule has 0 atom stereocenters. The molecule has 1 aliphatic heterocycles. The van der Waals surface area contributed by atoms with Gasteiger partial charge in [0, 0.05) is 5.69 Å². The summed E-state index contributed by atoms with van der Waals surface area (Å²) in [4.78, 5) is 27.8. The number of hydrogen-bond acceptors (Lipinski definition) is 5. The maximum absolute atomic E-state index is 12.5. The minimum atomic E-state index is -0.462. The number of benzene rings is 2. The van der Waals surface area contributed by atoms with Gasteiger partial charge in [0.05, 0.1) is 51.6 Å². The number of nitrogens with one attached hydrogen (secondary N) is 2. The second kappa shape index (κ2) is 9.23. The fourth-order valence-electron chi connectivity index (χ4n) is 3.35. The fraction of sp³-hybridized carbons (Fsp3) is 0.333. The van der Waals surface area contributed by atoms with Gasteiger partial charge >= 0.3 is 5.97 Å². The number of quaternary nitrogens is 1. The number of rotatable bonds is 6. The van der Waals surface area contributed by atoms with E-state index in [-0.39, 0.29) is 5.91 Å². The van der Waals surface area contributed by atoms with E-state index >= 15 is 0 Å². The molecule has 0 radical (unpaired) electrons. The molecule has 0 spiro atoms. The van der Waals surface area contributed by atoms with Gasteiger partial charge in [-0.2, -0.15) is 0 Å². The van der Waals surface area contributed by atoms with Gasteiger partial charge in [-0.3, -0.25) is 4.79 Å². The average molecular weight is 384 g/mol. The highest BCUT2D eigenvalue weighted by atomic mass is 16.5. The van der Waals surface area contributed by atoms with Crippen molar-refractivity contribution < 1.29 is 24.0 Å². The first kappa shape index (κ1) is 19.7. The maximum Gasteiger partial charge on any atom is 0.339 e. The van der Waals surface area contributed by atoms with Crippen LogP contribution in [-0.4, -0.2) is 58.8 Å². The Bertz CT molecular complexity index is 815. The van der Waals surface area contributed by atoms with Gasteiger partial charge < -0.3 is 24.6 Å². The highest BCUT2D eigenvalue weighted by Gasteiger charge is 2.23. The van der Waals surface area contributed by atoms with Crippen LogP contribution in [0.2, 0.25) is 0 Å². The summed E-state index contributed by atoms with van der Waals surface area (Å²) in [6.07, 6.45) is 0. The normalized spacial score (nSPS) is 14.4. The summed E-state index contributed by atoms with van der Waals surface area (Å²) in [7, 11) is 2.99. The van der Waals surface area contributed by atoms with Crippen molar-refractivity contribution >= 4 is 23.3 Å². The van der Waals surface area contributed by atoms with Crippen molar-refractivity contribution in [3.8, 4) is 5.75 Å². The predicted octanol–water partition coefficient (Wildman–Crippen LogP) is 0.825. The second-order valence-corrected chi connectivity index (χ2v) is 6.70. The molecule has 3 rings (SSSR count). The number of carbonyl (C=O) groups excluding carboxylic acids is 2. The van der Waals surface area contributed by atoms with Crippen molar-refractivity contribution in [3.63, 3.8) is 0 Å². The molecular formula is C21H26N3O4+. The van der Waals surface area contributed by atoms with Gasteiger partial charge in [-0.25, -0.2) is 4.79 Å². The Balaban J connectivity index is 1.52. The summed E-state index contributed by atoms with van der Waals surface area (Å²) < 4.78 is 9.97. The molecule has 1 amide bonds. The first-order valence-corrected chi connectivity index (χ1v) is 9.30. The van der Waals surface area contributed by atoms with Crippen molar-refractivity contribution in [3.05, 3.63) is 54.1 Å². The monoisotopic (exact) mass is 384 g/mol. The third kappa shape index (κ3) is 4.80. The third-order valence-electron chi connectivity index (χ3n) is 4.93. The zero-order valence-corrected chi connectivity index (χ0v) is 16.2. The van der Waals surface area contributed by atoms with E-state index in [1.165, 1.54) is 12.0 Å². The van der Waals surface area contributed by atoms with Crippen LogP contribution in [0, 0.1) is 0 Å². The number of esters is 1. The molecule has 7 nitrogen and oxygen atoms in total. The Hall–Kier alpha value is -3.06. The summed E-state index contributed by atoms with van der Waals surface area (Å²) in [6, 6.07) is 14.9. The quantitative estimate of drug-likeness (QED) is 0.722. The van der Waals surface area contributed by atoms with Crippen LogP contribution in [-0.2, 0) is 9.53 Å². The van der Waals surface area contributed by atoms with Crippen LogP contribution in [0.4, 0.5) is 11.4 Å². The number of amides is 1. The molecule has 0 bridgehead atoms. The van der Waals surface area contributed by atoms with E-state index in [0.717, 1.165) is 37.6 Å². The minimum Gasteiger partial charge on any atom is -0.497 e. The lowest BCUT2D eigenvalue weighted by Crippen LogP contribution is -3.15. The molecule has 0 saturated carbocycles. The Labute approximate surface area is 164 Å². The van der Waals surface area contributed by atoms with E-state index in [0.29, 0.717) is 17.8 Å². The molecule has 0 aliphatic carbocycles. The van der Waals surface area contributed by atoms with Crippen LogP contribution >= 0.6 is 0 Å². The summed E-state index contributed by atoms with van der Waals surface area (Å²) >= 11 is 0. The van der Waals surface area contributed by atoms with Crippen molar-refractivity contribution in [2.75, 3.05) is 57.2 Å². The molecule has 1 saturated heterocycles. The Kier molecular flexibility index (Phi) is 6.49. The Morgan fingerprint density at radius 1 is 1.04 bits per heavy atom. The summed E-state index contributed by atoms with van der Waals surface area (Å²) in [6.45, 7) is 3.88. The smallest absolute Gasteiger partial charge is 0.339 e. The lowest BCUT2D eigenvalue weighted by Gasteiger charge is -2.33. The van der Waals surface area contributed by atoms with Gasteiger partial charge in [0.2, 0.25) is 0 Å². The van der Waals surface area contributed by atoms with Crippen molar-refractivity contribution in [2.45, 2.75) is 0 Å². The standard InChI is InChI=1S/C21H25N3O4/c1-27-17-9-7-16(8-10-17)24-13-11-23(12-14-24)15-20(25)22-19-6-4-3-5-18(19)21(26)28-2/h3-10H,11-15H2,1-2H3,(H,22,25)/p+1. The molecular weight excluding hydrogens is 358 g/mol. The molecule has 7 heteroatoms. The molecule has 1 heterocycles. The number of piperazine rings is 1. The van der Waals surface area contributed by atoms with Gasteiger partial charge in [-0.1, -0.05) is 12.1 Å². The van der Waals surface area contributed by atoms with Crippen molar-refractivity contribution in [1.29, 1.82) is 0 Å². The van der Waals surface area contributed by atoms with Crippen molar-refractivity contribution in [2.24, 2.45) is 0 Å². The van der Waals surface area contributed by atoms with E-state index in [4.69, 9.17) is 9.47 Å². The fourth-order valence-corrected chi connectivity index (χ4v) is 3.35. The van der Waals surface area contributed by atoms with Gasteiger partial charge in [-0.05, 0) is 36.4 Å². The maximum atomic E-state index is 12.5. The van der Waals surface area contributed by atoms with E-state index in [1.54, 1.807) is 31.4 Å². The van der Waals surface area contributed by atoms with E-state index < -0.39 is 5.97 Å².